The van der Waals surface area contributed by atoms with Crippen molar-refractivity contribution in [3.8, 4) is 0 Å². The van der Waals surface area contributed by atoms with Crippen molar-refractivity contribution in [2.45, 2.75) is 18.2 Å². The maximum atomic E-state index is 13.4. The molecular weight excluding hydrogens is 259 g/mol. The Morgan fingerprint density at radius 2 is 2.11 bits per heavy atom. The monoisotopic (exact) mass is 272 g/mol. The molecule has 1 aromatic carbocycles. The summed E-state index contributed by atoms with van der Waals surface area (Å²) in [4.78, 5) is 11.4. The molecule has 0 heterocycles. The maximum absolute atomic E-state index is 13.4. The quantitative estimate of drug-likeness (QED) is 0.862. The second-order valence-corrected chi connectivity index (χ2v) is 6.06. The van der Waals surface area contributed by atoms with Gasteiger partial charge in [-0.2, -0.15) is 0 Å². The fourth-order valence-corrected chi connectivity index (χ4v) is 2.23. The third-order valence-electron chi connectivity index (χ3n) is 2.97. The molecule has 0 spiro atoms. The minimum Gasteiger partial charge on any atom is -0.323 e. The number of primary sulfonamides is 1. The molecule has 0 radical (unpaired) electrons. The summed E-state index contributed by atoms with van der Waals surface area (Å²) in [5, 5.41) is 7.32. The van der Waals surface area contributed by atoms with Crippen molar-refractivity contribution in [1.82, 2.24) is 0 Å². The molecule has 2 rings (SSSR count). The molecule has 0 aliphatic heterocycles. The number of sulfonamides is 1. The lowest BCUT2D eigenvalue weighted by Gasteiger charge is -2.07. The summed E-state index contributed by atoms with van der Waals surface area (Å²) < 4.78 is 35.7. The van der Waals surface area contributed by atoms with Crippen LogP contribution in [0.5, 0.6) is 0 Å². The average molecular weight is 272 g/mol. The Hall–Kier alpha value is -1.47. The summed E-state index contributed by atoms with van der Waals surface area (Å²) in [5.74, 6) is -0.825. The minimum absolute atomic E-state index is 0.123. The van der Waals surface area contributed by atoms with Crippen molar-refractivity contribution >= 4 is 21.6 Å². The third-order valence-corrected chi connectivity index (χ3v) is 3.88. The van der Waals surface area contributed by atoms with E-state index in [0.717, 1.165) is 24.6 Å². The lowest BCUT2D eigenvalue weighted by atomic mass is 10.2. The summed E-state index contributed by atoms with van der Waals surface area (Å²) in [6, 6.07) is 3.04. The van der Waals surface area contributed by atoms with Gasteiger partial charge in [0.15, 0.2) is 0 Å². The van der Waals surface area contributed by atoms with Gasteiger partial charge in [0.25, 0.3) is 0 Å². The minimum atomic E-state index is -3.91. The molecule has 1 aromatic rings. The molecule has 0 bridgehead atoms. The molecule has 98 valence electrons. The SMILES string of the molecule is CC1CC1C(=O)Nc1cc(S(N)(=O)=O)ccc1F. The van der Waals surface area contributed by atoms with Crippen molar-refractivity contribution in [2.75, 3.05) is 5.32 Å². The van der Waals surface area contributed by atoms with Crippen LogP contribution in [0.15, 0.2) is 23.1 Å². The number of hydrogen-bond donors (Lipinski definition) is 2. The molecular formula is C11H13FN2O3S. The lowest BCUT2D eigenvalue weighted by molar-refractivity contribution is -0.117. The molecule has 1 fully saturated rings. The van der Waals surface area contributed by atoms with Crippen molar-refractivity contribution < 1.29 is 17.6 Å². The van der Waals surface area contributed by atoms with E-state index in [2.05, 4.69) is 5.32 Å². The van der Waals surface area contributed by atoms with E-state index in [1.54, 1.807) is 0 Å². The van der Waals surface area contributed by atoms with Crippen LogP contribution in [0.1, 0.15) is 13.3 Å². The number of rotatable bonds is 3. The van der Waals surface area contributed by atoms with Crippen LogP contribution in [0.25, 0.3) is 0 Å². The Balaban J connectivity index is 2.24. The highest BCUT2D eigenvalue weighted by atomic mass is 32.2. The van der Waals surface area contributed by atoms with Gasteiger partial charge in [0.2, 0.25) is 15.9 Å². The van der Waals surface area contributed by atoms with E-state index in [1.807, 2.05) is 6.92 Å². The van der Waals surface area contributed by atoms with Gasteiger partial charge >= 0.3 is 0 Å². The number of amides is 1. The first-order valence-corrected chi connectivity index (χ1v) is 6.97. The summed E-state index contributed by atoms with van der Waals surface area (Å²) in [6.07, 6.45) is 0.766. The number of nitrogens with two attached hydrogens (primary N) is 1. The first kappa shape index (κ1) is 13.0. The van der Waals surface area contributed by atoms with Gasteiger partial charge in [-0.25, -0.2) is 17.9 Å². The second-order valence-electron chi connectivity index (χ2n) is 4.50. The first-order chi connectivity index (χ1) is 8.29. The zero-order valence-electron chi connectivity index (χ0n) is 9.68. The Morgan fingerprint density at radius 1 is 1.50 bits per heavy atom. The van der Waals surface area contributed by atoms with Gasteiger partial charge in [-0.1, -0.05) is 6.92 Å². The second kappa shape index (κ2) is 4.33. The highest BCUT2D eigenvalue weighted by molar-refractivity contribution is 7.89. The largest absolute Gasteiger partial charge is 0.323 e. The number of anilines is 1. The van der Waals surface area contributed by atoms with Gasteiger partial charge in [0.05, 0.1) is 10.6 Å². The Labute approximate surface area is 104 Å². The Kier molecular flexibility index (Phi) is 3.12. The molecule has 1 aliphatic carbocycles. The third kappa shape index (κ3) is 2.68. The van der Waals surface area contributed by atoms with Crippen molar-refractivity contribution in [1.29, 1.82) is 0 Å². The van der Waals surface area contributed by atoms with Crippen LogP contribution in [0.2, 0.25) is 0 Å². The van der Waals surface area contributed by atoms with E-state index in [9.17, 15) is 17.6 Å². The molecule has 1 saturated carbocycles. The van der Waals surface area contributed by atoms with Gasteiger partial charge in [-0.05, 0) is 30.5 Å². The number of carbonyl (C=O) groups is 1. The van der Waals surface area contributed by atoms with E-state index in [0.29, 0.717) is 0 Å². The van der Waals surface area contributed by atoms with Crippen LogP contribution in [0.3, 0.4) is 0 Å². The van der Waals surface area contributed by atoms with Crippen molar-refractivity contribution in [2.24, 2.45) is 17.0 Å². The molecule has 18 heavy (non-hydrogen) atoms. The van der Waals surface area contributed by atoms with Gasteiger partial charge < -0.3 is 5.32 Å². The van der Waals surface area contributed by atoms with Crippen molar-refractivity contribution in [3.63, 3.8) is 0 Å². The van der Waals surface area contributed by atoms with Gasteiger partial charge in [0.1, 0.15) is 5.82 Å². The van der Waals surface area contributed by atoms with Crippen LogP contribution in [-0.2, 0) is 14.8 Å². The van der Waals surface area contributed by atoms with Crippen molar-refractivity contribution in [3.05, 3.63) is 24.0 Å². The van der Waals surface area contributed by atoms with Gasteiger partial charge in [0, 0.05) is 5.92 Å². The Morgan fingerprint density at radius 3 is 2.61 bits per heavy atom. The van der Waals surface area contributed by atoms with Crippen LogP contribution in [0.4, 0.5) is 10.1 Å². The molecule has 2 atom stereocenters. The summed E-state index contributed by atoms with van der Waals surface area (Å²) in [7, 11) is -3.91. The predicted molar refractivity (Wildman–Crippen MR) is 63.7 cm³/mol. The van der Waals surface area contributed by atoms with Crippen LogP contribution < -0.4 is 10.5 Å². The number of hydrogen-bond acceptors (Lipinski definition) is 3. The Bertz CT molecular complexity index is 600. The molecule has 0 aromatic heterocycles. The molecule has 5 nitrogen and oxygen atoms in total. The van der Waals surface area contributed by atoms with Crippen LogP contribution in [-0.4, -0.2) is 14.3 Å². The van der Waals surface area contributed by atoms with Crippen LogP contribution in [0, 0.1) is 17.7 Å². The molecule has 2 unspecified atom stereocenters. The topological polar surface area (TPSA) is 89.3 Å². The zero-order valence-corrected chi connectivity index (χ0v) is 10.5. The molecule has 1 aliphatic rings. The summed E-state index contributed by atoms with van der Waals surface area (Å²) in [6.45, 7) is 1.92. The zero-order chi connectivity index (χ0) is 13.5. The number of halogens is 1. The van der Waals surface area contributed by atoms with E-state index in [4.69, 9.17) is 5.14 Å². The van der Waals surface area contributed by atoms with E-state index < -0.39 is 15.8 Å². The fraction of sp³-hybridized carbons (Fsp3) is 0.364. The maximum Gasteiger partial charge on any atom is 0.238 e. The summed E-state index contributed by atoms with van der Waals surface area (Å²) >= 11 is 0. The number of benzene rings is 1. The molecule has 3 N–H and O–H groups in total. The van der Waals surface area contributed by atoms with E-state index in [1.165, 1.54) is 0 Å². The molecule has 1 amide bonds. The fourth-order valence-electron chi connectivity index (χ4n) is 1.69. The average Bonchev–Trinajstić information content (AvgIpc) is 2.97. The van der Waals surface area contributed by atoms with Gasteiger partial charge in [-0.3, -0.25) is 4.79 Å². The molecule has 0 saturated heterocycles. The first-order valence-electron chi connectivity index (χ1n) is 5.42. The number of carbonyl (C=O) groups excluding carboxylic acids is 1. The van der Waals surface area contributed by atoms with Gasteiger partial charge in [-0.15, -0.1) is 0 Å². The lowest BCUT2D eigenvalue weighted by Crippen LogP contribution is -2.17. The van der Waals surface area contributed by atoms with E-state index in [-0.39, 0.29) is 28.3 Å². The normalized spacial score (nSPS) is 22.6. The standard InChI is InChI=1S/C11H13FN2O3S/c1-6-4-8(6)11(15)14-10-5-7(18(13,16)17)2-3-9(10)12/h2-3,5-6,8H,4H2,1H3,(H,14,15)(H2,13,16,17). The summed E-state index contributed by atoms with van der Waals surface area (Å²) in [5.41, 5.74) is -0.161. The van der Waals surface area contributed by atoms with Crippen LogP contribution >= 0.6 is 0 Å². The smallest absolute Gasteiger partial charge is 0.238 e. The molecule has 7 heteroatoms. The highest BCUT2D eigenvalue weighted by Crippen LogP contribution is 2.38. The highest BCUT2D eigenvalue weighted by Gasteiger charge is 2.39. The predicted octanol–water partition coefficient (Wildman–Crippen LogP) is 1.07. The number of nitrogens with one attached hydrogen (secondary N) is 1. The van der Waals surface area contributed by atoms with E-state index >= 15 is 0 Å².